The van der Waals surface area contributed by atoms with Gasteiger partial charge < -0.3 is 5.11 Å². The van der Waals surface area contributed by atoms with E-state index >= 15 is 0 Å². The van der Waals surface area contributed by atoms with Crippen LogP contribution in [0.15, 0.2) is 30.5 Å². The van der Waals surface area contributed by atoms with Gasteiger partial charge in [-0.3, -0.25) is 0 Å². The zero-order chi connectivity index (χ0) is 15.6. The van der Waals surface area contributed by atoms with Gasteiger partial charge in [0.15, 0.2) is 0 Å². The fourth-order valence-corrected chi connectivity index (χ4v) is 2.24. The highest BCUT2D eigenvalue weighted by atomic mass is 19.4. The van der Waals surface area contributed by atoms with Crippen molar-refractivity contribution in [2.24, 2.45) is 0 Å². The Kier molecular flexibility index (Phi) is 4.37. The maximum Gasteiger partial charge on any atom is 0.416 e. The topological polar surface area (TPSA) is 38.0 Å². The summed E-state index contributed by atoms with van der Waals surface area (Å²) in [7, 11) is 0. The summed E-state index contributed by atoms with van der Waals surface area (Å²) in [6, 6.07) is 4.89. The molecule has 0 bridgehead atoms. The lowest BCUT2D eigenvalue weighted by Gasteiger charge is -2.08. The van der Waals surface area contributed by atoms with Crippen molar-refractivity contribution in [3.05, 3.63) is 47.3 Å². The molecule has 2 rings (SSSR count). The van der Waals surface area contributed by atoms with Crippen LogP contribution in [0, 0.1) is 6.92 Å². The first-order chi connectivity index (χ1) is 9.82. The van der Waals surface area contributed by atoms with E-state index in [0.717, 1.165) is 23.4 Å². The minimum Gasteiger partial charge on any atom is -0.396 e. The van der Waals surface area contributed by atoms with Crippen molar-refractivity contribution in [1.29, 1.82) is 0 Å². The van der Waals surface area contributed by atoms with Crippen molar-refractivity contribution < 1.29 is 18.3 Å². The zero-order valence-electron chi connectivity index (χ0n) is 11.9. The van der Waals surface area contributed by atoms with Gasteiger partial charge in [-0.1, -0.05) is 6.92 Å². The van der Waals surface area contributed by atoms with E-state index in [-0.39, 0.29) is 12.5 Å². The maximum atomic E-state index is 12.5. The molecule has 0 saturated heterocycles. The summed E-state index contributed by atoms with van der Waals surface area (Å²) >= 11 is 0. The normalized spacial score (nSPS) is 13.4. The zero-order valence-corrected chi connectivity index (χ0v) is 11.9. The van der Waals surface area contributed by atoms with Crippen LogP contribution in [0.25, 0.3) is 5.69 Å². The lowest BCUT2D eigenvalue weighted by molar-refractivity contribution is -0.137. The second-order valence-corrected chi connectivity index (χ2v) is 5.07. The summed E-state index contributed by atoms with van der Waals surface area (Å²) < 4.78 is 39.2. The van der Waals surface area contributed by atoms with Gasteiger partial charge >= 0.3 is 6.18 Å². The number of nitrogens with zero attached hydrogens (tertiary/aromatic N) is 2. The molecule has 1 unspecified atom stereocenters. The number of aliphatic hydroxyl groups is 1. The van der Waals surface area contributed by atoms with Crippen molar-refractivity contribution in [3.8, 4) is 5.69 Å². The second kappa shape index (κ2) is 5.89. The minimum atomic E-state index is -4.33. The first-order valence-electron chi connectivity index (χ1n) is 6.67. The van der Waals surface area contributed by atoms with Crippen LogP contribution in [0.2, 0.25) is 0 Å². The Bertz CT molecular complexity index is 602. The van der Waals surface area contributed by atoms with Crippen molar-refractivity contribution in [2.75, 3.05) is 6.61 Å². The number of alkyl halides is 3. The van der Waals surface area contributed by atoms with Crippen LogP contribution >= 0.6 is 0 Å². The van der Waals surface area contributed by atoms with Gasteiger partial charge in [0, 0.05) is 12.8 Å². The van der Waals surface area contributed by atoms with Crippen LogP contribution in [0.3, 0.4) is 0 Å². The van der Waals surface area contributed by atoms with Crippen LogP contribution in [-0.4, -0.2) is 21.5 Å². The molecule has 21 heavy (non-hydrogen) atoms. The molecule has 1 heterocycles. The molecule has 0 aliphatic heterocycles. The van der Waals surface area contributed by atoms with Gasteiger partial charge in [0.2, 0.25) is 0 Å². The van der Waals surface area contributed by atoms with Gasteiger partial charge in [0.05, 0.1) is 16.9 Å². The number of benzene rings is 1. The summed E-state index contributed by atoms with van der Waals surface area (Å²) in [5, 5.41) is 13.3. The molecule has 1 aromatic heterocycles. The lowest BCUT2D eigenvalue weighted by atomic mass is 9.99. The fourth-order valence-electron chi connectivity index (χ4n) is 2.24. The Morgan fingerprint density at radius 1 is 1.24 bits per heavy atom. The van der Waals surface area contributed by atoms with Crippen LogP contribution < -0.4 is 0 Å². The van der Waals surface area contributed by atoms with E-state index in [1.54, 1.807) is 10.9 Å². The number of halogens is 3. The van der Waals surface area contributed by atoms with E-state index in [1.165, 1.54) is 12.1 Å². The third-order valence-corrected chi connectivity index (χ3v) is 3.49. The Morgan fingerprint density at radius 3 is 2.38 bits per heavy atom. The summed E-state index contributed by atoms with van der Waals surface area (Å²) in [5.41, 5.74) is 1.71. The molecule has 3 nitrogen and oxygen atoms in total. The molecular formula is C15H17F3N2O. The van der Waals surface area contributed by atoms with E-state index in [1.807, 2.05) is 13.8 Å². The SMILES string of the molecule is Cc1nn(-c2ccc(C(F)(F)F)cc2)cc1C(C)CCO. The molecule has 114 valence electrons. The van der Waals surface area contributed by atoms with Gasteiger partial charge in [-0.05, 0) is 49.1 Å². The molecule has 1 N–H and O–H groups in total. The fraction of sp³-hybridized carbons (Fsp3) is 0.400. The number of aromatic nitrogens is 2. The Balaban J connectivity index is 2.29. The van der Waals surface area contributed by atoms with E-state index < -0.39 is 11.7 Å². The van der Waals surface area contributed by atoms with Crippen LogP contribution in [-0.2, 0) is 6.18 Å². The van der Waals surface area contributed by atoms with E-state index in [0.29, 0.717) is 12.1 Å². The summed E-state index contributed by atoms with van der Waals surface area (Å²) in [6.07, 6.45) is -1.91. The maximum absolute atomic E-state index is 12.5. The van der Waals surface area contributed by atoms with Gasteiger partial charge in [-0.2, -0.15) is 18.3 Å². The molecule has 0 spiro atoms. The Hall–Kier alpha value is -1.82. The molecule has 0 saturated carbocycles. The summed E-state index contributed by atoms with van der Waals surface area (Å²) in [6.45, 7) is 3.92. The highest BCUT2D eigenvalue weighted by Crippen LogP contribution is 2.30. The first-order valence-corrected chi connectivity index (χ1v) is 6.67. The van der Waals surface area contributed by atoms with Gasteiger partial charge in [0.1, 0.15) is 0 Å². The van der Waals surface area contributed by atoms with E-state index in [4.69, 9.17) is 5.11 Å². The predicted molar refractivity (Wildman–Crippen MR) is 73.4 cm³/mol. The Labute approximate surface area is 121 Å². The molecule has 2 aromatic rings. The lowest BCUT2D eigenvalue weighted by Crippen LogP contribution is -2.05. The summed E-state index contributed by atoms with van der Waals surface area (Å²) in [4.78, 5) is 0. The largest absolute Gasteiger partial charge is 0.416 e. The van der Waals surface area contributed by atoms with E-state index in [9.17, 15) is 13.2 Å². The smallest absolute Gasteiger partial charge is 0.396 e. The molecule has 0 radical (unpaired) electrons. The molecule has 6 heteroatoms. The van der Waals surface area contributed by atoms with Gasteiger partial charge in [0.25, 0.3) is 0 Å². The van der Waals surface area contributed by atoms with Crippen LogP contribution in [0.1, 0.15) is 36.1 Å². The van der Waals surface area contributed by atoms with Crippen LogP contribution in [0.5, 0.6) is 0 Å². The highest BCUT2D eigenvalue weighted by Gasteiger charge is 2.30. The second-order valence-electron chi connectivity index (χ2n) is 5.07. The average Bonchev–Trinajstić information content (AvgIpc) is 2.80. The highest BCUT2D eigenvalue weighted by molar-refractivity contribution is 5.36. The predicted octanol–water partition coefficient (Wildman–Crippen LogP) is 3.69. The van der Waals surface area contributed by atoms with Gasteiger partial charge in [-0.25, -0.2) is 4.68 Å². The first kappa shape index (κ1) is 15.6. The molecule has 0 aliphatic rings. The molecular weight excluding hydrogens is 281 g/mol. The molecule has 1 aromatic carbocycles. The molecule has 1 atom stereocenters. The van der Waals surface area contributed by atoms with Crippen molar-refractivity contribution in [1.82, 2.24) is 9.78 Å². The number of hydrogen-bond acceptors (Lipinski definition) is 2. The Morgan fingerprint density at radius 2 is 1.86 bits per heavy atom. The average molecular weight is 298 g/mol. The number of aliphatic hydroxyl groups excluding tert-OH is 1. The van der Waals surface area contributed by atoms with Crippen molar-refractivity contribution >= 4 is 0 Å². The van der Waals surface area contributed by atoms with Gasteiger partial charge in [-0.15, -0.1) is 0 Å². The third-order valence-electron chi connectivity index (χ3n) is 3.49. The number of hydrogen-bond donors (Lipinski definition) is 1. The monoisotopic (exact) mass is 298 g/mol. The minimum absolute atomic E-state index is 0.0894. The number of aryl methyl sites for hydroxylation is 1. The van der Waals surface area contributed by atoms with Crippen LogP contribution in [0.4, 0.5) is 13.2 Å². The number of rotatable bonds is 4. The third kappa shape index (κ3) is 3.44. The molecule has 0 fully saturated rings. The standard InChI is InChI=1S/C15H17F3N2O/c1-10(7-8-21)14-9-20(19-11(14)2)13-5-3-12(4-6-13)15(16,17)18/h3-6,9-10,21H,7-8H2,1-2H3. The molecule has 0 amide bonds. The van der Waals surface area contributed by atoms with E-state index in [2.05, 4.69) is 5.10 Å². The van der Waals surface area contributed by atoms with Crippen molar-refractivity contribution in [2.45, 2.75) is 32.4 Å². The van der Waals surface area contributed by atoms with Crippen molar-refractivity contribution in [3.63, 3.8) is 0 Å². The molecule has 0 aliphatic carbocycles. The quantitative estimate of drug-likeness (QED) is 0.935. The summed E-state index contributed by atoms with van der Waals surface area (Å²) in [5.74, 6) is 0.151.